The van der Waals surface area contributed by atoms with Crippen molar-refractivity contribution in [1.29, 1.82) is 0 Å². The van der Waals surface area contributed by atoms with E-state index in [9.17, 15) is 9.13 Å². The summed E-state index contributed by atoms with van der Waals surface area (Å²) < 4.78 is 42.1. The highest BCUT2D eigenvalue weighted by atomic mass is 31.2. The summed E-state index contributed by atoms with van der Waals surface area (Å²) >= 11 is 0. The van der Waals surface area contributed by atoms with E-state index in [0.717, 1.165) is 43.8 Å². The van der Waals surface area contributed by atoms with Crippen LogP contribution in [0.5, 0.6) is 11.5 Å². The molecule has 0 spiro atoms. The van der Waals surface area contributed by atoms with Gasteiger partial charge < -0.3 is 9.05 Å². The molecule has 2 heterocycles. The Bertz CT molecular complexity index is 2260. The van der Waals surface area contributed by atoms with Crippen LogP contribution in [0.15, 0.2) is 146 Å². The molecule has 0 bridgehead atoms. The molecule has 0 aliphatic carbocycles. The van der Waals surface area contributed by atoms with Gasteiger partial charge in [-0.2, -0.15) is 0 Å². The first-order valence-electron chi connectivity index (χ1n) is 14.5. The molecule has 0 aromatic heterocycles. The van der Waals surface area contributed by atoms with E-state index in [-0.39, 0.29) is 0 Å². The van der Waals surface area contributed by atoms with Crippen LogP contribution < -0.4 is 30.3 Å². The maximum atomic E-state index is 14.7. The van der Waals surface area contributed by atoms with E-state index in [1.165, 1.54) is 0 Å². The lowest BCUT2D eigenvalue weighted by molar-refractivity contribution is 0.500. The molecule has 7 aromatic carbocycles. The lowest BCUT2D eigenvalue weighted by Crippen LogP contribution is -2.25. The van der Waals surface area contributed by atoms with E-state index in [1.807, 2.05) is 146 Å². The second-order valence-electron chi connectivity index (χ2n) is 11.2. The van der Waals surface area contributed by atoms with Crippen molar-refractivity contribution in [3.05, 3.63) is 146 Å². The lowest BCUT2D eigenvalue weighted by atomic mass is 10.0. The Kier molecular flexibility index (Phi) is 5.42. The summed E-state index contributed by atoms with van der Waals surface area (Å²) in [5.41, 5.74) is 3.77. The van der Waals surface area contributed by atoms with Crippen LogP contribution in [-0.2, 0) is 9.13 Å². The van der Waals surface area contributed by atoms with Crippen LogP contribution in [0.1, 0.15) is 0 Å². The van der Waals surface area contributed by atoms with Crippen molar-refractivity contribution in [3.8, 4) is 33.8 Å². The summed E-state index contributed by atoms with van der Waals surface area (Å²) in [4.78, 5) is 0. The van der Waals surface area contributed by atoms with Gasteiger partial charge in [0, 0.05) is 11.1 Å². The largest absolute Gasteiger partial charge is 0.436 e. The zero-order chi connectivity index (χ0) is 29.5. The van der Waals surface area contributed by atoms with Crippen molar-refractivity contribution in [3.63, 3.8) is 0 Å². The quantitative estimate of drug-likeness (QED) is 0.146. The predicted molar refractivity (Wildman–Crippen MR) is 180 cm³/mol. The van der Waals surface area contributed by atoms with Gasteiger partial charge in [-0.05, 0) is 81.2 Å². The van der Waals surface area contributed by atoms with E-state index in [1.54, 1.807) is 0 Å². The number of hydrogen-bond donors (Lipinski definition) is 0. The minimum atomic E-state index is -3.40. The van der Waals surface area contributed by atoms with Gasteiger partial charge in [-0.1, -0.05) is 97.1 Å². The zero-order valence-electron chi connectivity index (χ0n) is 23.4. The summed E-state index contributed by atoms with van der Waals surface area (Å²) in [6.45, 7) is 0. The van der Waals surface area contributed by atoms with Gasteiger partial charge in [0.1, 0.15) is 11.5 Å². The SMILES string of the molecule is O=P1(c2ccc3c(ccc4cc(P5(=O)Oc6ccccc6-c6ccccc65)ccc43)c2)Oc2ccccc2-c2ccccc21. The molecule has 9 rings (SSSR count). The predicted octanol–water partition coefficient (Wildman–Crippen LogP) is 8.57. The van der Waals surface area contributed by atoms with Gasteiger partial charge in [0.15, 0.2) is 0 Å². The standard InChI is InChI=1S/C38H24O4P2/c39-43(37-15-7-3-11-33(37)31-9-1-5-13-35(31)41-43)27-19-21-29-25(23-27)17-18-26-24-28(20-22-30(26)29)44(40)38-16-8-4-12-34(38)32-10-2-6-14-36(32)42-44/h1-24H. The molecule has 0 N–H and O–H groups in total. The lowest BCUT2D eigenvalue weighted by Gasteiger charge is -2.29. The monoisotopic (exact) mass is 606 g/mol. The maximum absolute atomic E-state index is 14.7. The van der Waals surface area contributed by atoms with Crippen LogP contribution in [0, 0.1) is 0 Å². The molecule has 210 valence electrons. The highest BCUT2D eigenvalue weighted by molar-refractivity contribution is 7.75. The zero-order valence-corrected chi connectivity index (χ0v) is 25.2. The number of rotatable bonds is 2. The Morgan fingerprint density at radius 2 is 0.773 bits per heavy atom. The van der Waals surface area contributed by atoms with Crippen LogP contribution in [0.2, 0.25) is 0 Å². The highest BCUT2D eigenvalue weighted by Crippen LogP contribution is 2.55. The van der Waals surface area contributed by atoms with Crippen LogP contribution in [0.25, 0.3) is 43.8 Å². The summed E-state index contributed by atoms with van der Waals surface area (Å²) in [5.74, 6) is 1.26. The maximum Gasteiger partial charge on any atom is 0.307 e. The Balaban J connectivity index is 1.16. The smallest absolute Gasteiger partial charge is 0.307 e. The van der Waals surface area contributed by atoms with E-state index < -0.39 is 14.7 Å². The molecule has 0 saturated heterocycles. The van der Waals surface area contributed by atoms with Gasteiger partial charge in [-0.25, -0.2) is 0 Å². The molecule has 0 amide bonds. The van der Waals surface area contributed by atoms with E-state index >= 15 is 0 Å². The molecule has 7 aromatic rings. The number of para-hydroxylation sites is 2. The number of hydrogen-bond acceptors (Lipinski definition) is 4. The van der Waals surface area contributed by atoms with Crippen molar-refractivity contribution in [2.75, 3.05) is 0 Å². The minimum Gasteiger partial charge on any atom is -0.436 e. The Morgan fingerprint density at radius 1 is 0.386 bits per heavy atom. The summed E-state index contributed by atoms with van der Waals surface area (Å²) in [5, 5.41) is 6.67. The fraction of sp³-hybridized carbons (Fsp3) is 0. The van der Waals surface area contributed by atoms with Crippen LogP contribution in [-0.4, -0.2) is 0 Å². The molecule has 0 saturated carbocycles. The Morgan fingerprint density at radius 3 is 1.23 bits per heavy atom. The van der Waals surface area contributed by atoms with Crippen LogP contribution in [0.4, 0.5) is 0 Å². The topological polar surface area (TPSA) is 52.6 Å². The molecule has 0 radical (unpaired) electrons. The molecule has 0 fully saturated rings. The average molecular weight is 607 g/mol. The first-order chi connectivity index (χ1) is 21.5. The second-order valence-corrected chi connectivity index (χ2v) is 15.8. The summed E-state index contributed by atoms with van der Waals surface area (Å²) in [6, 6.07) is 47.0. The summed E-state index contributed by atoms with van der Waals surface area (Å²) in [7, 11) is -6.80. The number of fused-ring (bicyclic) bond motifs is 9. The average Bonchev–Trinajstić information content (AvgIpc) is 3.08. The van der Waals surface area contributed by atoms with E-state index in [4.69, 9.17) is 9.05 Å². The fourth-order valence-corrected chi connectivity index (χ4v) is 11.2. The van der Waals surface area contributed by atoms with Gasteiger partial charge in [0.05, 0.1) is 21.2 Å². The third-order valence-corrected chi connectivity index (χ3v) is 13.6. The van der Waals surface area contributed by atoms with E-state index in [2.05, 4.69) is 0 Å². The third kappa shape index (κ3) is 3.59. The van der Waals surface area contributed by atoms with Crippen molar-refractivity contribution in [2.45, 2.75) is 0 Å². The molecule has 4 nitrogen and oxygen atoms in total. The molecular weight excluding hydrogens is 582 g/mol. The first kappa shape index (κ1) is 25.6. The molecule has 2 atom stereocenters. The first-order valence-corrected chi connectivity index (χ1v) is 17.7. The summed E-state index contributed by atoms with van der Waals surface area (Å²) in [6.07, 6.45) is 0. The molecular formula is C38H24O4P2. The normalized spacial score (nSPS) is 19.6. The Hall–Kier alpha value is -4.88. The molecule has 44 heavy (non-hydrogen) atoms. The van der Waals surface area contributed by atoms with Gasteiger partial charge in [-0.15, -0.1) is 0 Å². The van der Waals surface area contributed by atoms with Crippen molar-refractivity contribution < 1.29 is 18.2 Å². The molecule has 2 aliphatic heterocycles. The van der Waals surface area contributed by atoms with Crippen molar-refractivity contribution in [1.82, 2.24) is 0 Å². The molecule has 2 aliphatic rings. The second kappa shape index (κ2) is 9.31. The molecule has 6 heteroatoms. The van der Waals surface area contributed by atoms with E-state index in [0.29, 0.717) is 32.7 Å². The van der Waals surface area contributed by atoms with Crippen LogP contribution in [0.3, 0.4) is 0 Å². The van der Waals surface area contributed by atoms with Gasteiger partial charge in [0.2, 0.25) is 0 Å². The van der Waals surface area contributed by atoms with Gasteiger partial charge in [-0.3, -0.25) is 9.13 Å². The molecule has 2 unspecified atom stereocenters. The van der Waals surface area contributed by atoms with Gasteiger partial charge in [0.25, 0.3) is 0 Å². The minimum absolute atomic E-state index is 0.629. The third-order valence-electron chi connectivity index (χ3n) is 8.73. The van der Waals surface area contributed by atoms with Crippen LogP contribution >= 0.6 is 14.7 Å². The highest BCUT2D eigenvalue weighted by Gasteiger charge is 2.39. The number of benzene rings is 7. The Labute approximate surface area is 254 Å². The van der Waals surface area contributed by atoms with Gasteiger partial charge >= 0.3 is 14.7 Å². The fourth-order valence-electron chi connectivity index (χ4n) is 6.62. The van der Waals surface area contributed by atoms with Crippen molar-refractivity contribution in [2.24, 2.45) is 0 Å². The van der Waals surface area contributed by atoms with Crippen molar-refractivity contribution >= 4 is 57.5 Å².